The number of carbonyl (C=O) groups excluding carboxylic acids is 1. The number of aromatic nitrogens is 1. The molecule has 0 saturated carbocycles. The lowest BCUT2D eigenvalue weighted by atomic mass is 10.1. The zero-order chi connectivity index (χ0) is 21.2. The number of hydrogen-bond acceptors (Lipinski definition) is 5. The van der Waals surface area contributed by atoms with Gasteiger partial charge < -0.3 is 19.5 Å². The van der Waals surface area contributed by atoms with E-state index in [4.69, 9.17) is 14.2 Å². The number of benzene rings is 2. The van der Waals surface area contributed by atoms with E-state index >= 15 is 0 Å². The van der Waals surface area contributed by atoms with Crippen LogP contribution in [0.25, 0.3) is 0 Å². The number of hydrogen-bond donors (Lipinski definition) is 1. The third-order valence-corrected chi connectivity index (χ3v) is 4.51. The molecule has 0 radical (unpaired) electrons. The Morgan fingerprint density at radius 2 is 1.70 bits per heavy atom. The third kappa shape index (κ3) is 5.98. The number of nitrogens with one attached hydrogen (secondary N) is 1. The van der Waals surface area contributed by atoms with Gasteiger partial charge in [0.05, 0.1) is 13.7 Å². The standard InChI is InChI=1S/C24H26N2O4/c1-3-29-23-16-20(6-9-22(23)30-17-19-10-13-25-14-11-19)24(27)26-15-12-18-4-7-21(28-2)8-5-18/h4-11,13-14,16H,3,12,15,17H2,1-2H3,(H,26,27). The maximum Gasteiger partial charge on any atom is 0.251 e. The summed E-state index contributed by atoms with van der Waals surface area (Å²) >= 11 is 0. The molecule has 3 rings (SSSR count). The van der Waals surface area contributed by atoms with Crippen LogP contribution in [-0.2, 0) is 13.0 Å². The molecule has 156 valence electrons. The molecule has 1 heterocycles. The molecule has 0 aliphatic heterocycles. The van der Waals surface area contributed by atoms with Gasteiger partial charge in [0, 0.05) is 24.5 Å². The van der Waals surface area contributed by atoms with E-state index in [-0.39, 0.29) is 5.91 Å². The lowest BCUT2D eigenvalue weighted by molar-refractivity contribution is 0.0953. The Kier molecular flexibility index (Phi) is 7.66. The Morgan fingerprint density at radius 3 is 2.40 bits per heavy atom. The van der Waals surface area contributed by atoms with E-state index in [9.17, 15) is 4.79 Å². The molecule has 0 aliphatic rings. The molecule has 1 amide bonds. The molecule has 0 saturated heterocycles. The number of nitrogens with zero attached hydrogens (tertiary/aromatic N) is 1. The average Bonchev–Trinajstić information content (AvgIpc) is 2.79. The molecule has 0 atom stereocenters. The number of ether oxygens (including phenoxy) is 3. The second-order valence-corrected chi connectivity index (χ2v) is 6.59. The van der Waals surface area contributed by atoms with Crippen LogP contribution < -0.4 is 19.5 Å². The van der Waals surface area contributed by atoms with Crippen LogP contribution in [0.4, 0.5) is 0 Å². The Hall–Kier alpha value is -3.54. The monoisotopic (exact) mass is 406 g/mol. The van der Waals surface area contributed by atoms with Crippen LogP contribution in [0, 0.1) is 0 Å². The van der Waals surface area contributed by atoms with Crippen molar-refractivity contribution in [2.45, 2.75) is 20.0 Å². The second kappa shape index (κ2) is 10.9. The van der Waals surface area contributed by atoms with Gasteiger partial charge in [-0.3, -0.25) is 9.78 Å². The van der Waals surface area contributed by atoms with Crippen molar-refractivity contribution in [3.05, 3.63) is 83.7 Å². The van der Waals surface area contributed by atoms with Crippen molar-refractivity contribution in [1.82, 2.24) is 10.3 Å². The first kappa shape index (κ1) is 21.2. The van der Waals surface area contributed by atoms with Gasteiger partial charge in [0.2, 0.25) is 0 Å². The van der Waals surface area contributed by atoms with Crippen molar-refractivity contribution < 1.29 is 19.0 Å². The molecule has 0 aliphatic carbocycles. The van der Waals surface area contributed by atoms with Crippen LogP contribution in [0.15, 0.2) is 67.0 Å². The number of carbonyl (C=O) groups is 1. The van der Waals surface area contributed by atoms with Crippen molar-refractivity contribution in [2.75, 3.05) is 20.3 Å². The van der Waals surface area contributed by atoms with Crippen LogP contribution >= 0.6 is 0 Å². The predicted molar refractivity (Wildman–Crippen MR) is 115 cm³/mol. The topological polar surface area (TPSA) is 69.7 Å². The van der Waals surface area contributed by atoms with Crippen molar-refractivity contribution >= 4 is 5.91 Å². The molecule has 0 unspecified atom stereocenters. The smallest absolute Gasteiger partial charge is 0.251 e. The number of rotatable bonds is 10. The van der Waals surface area contributed by atoms with Crippen LogP contribution in [0.5, 0.6) is 17.2 Å². The third-order valence-electron chi connectivity index (χ3n) is 4.51. The van der Waals surface area contributed by atoms with Gasteiger partial charge in [-0.05, 0) is 66.9 Å². The average molecular weight is 406 g/mol. The predicted octanol–water partition coefficient (Wildman–Crippen LogP) is 4.04. The van der Waals surface area contributed by atoms with Gasteiger partial charge in [-0.25, -0.2) is 0 Å². The minimum atomic E-state index is -0.148. The van der Waals surface area contributed by atoms with Gasteiger partial charge >= 0.3 is 0 Å². The van der Waals surface area contributed by atoms with Gasteiger partial charge in [-0.2, -0.15) is 0 Å². The van der Waals surface area contributed by atoms with Crippen LogP contribution in [0.3, 0.4) is 0 Å². The summed E-state index contributed by atoms with van der Waals surface area (Å²) in [6.45, 7) is 3.31. The van der Waals surface area contributed by atoms with E-state index in [1.807, 2.05) is 43.3 Å². The van der Waals surface area contributed by atoms with E-state index in [1.54, 1.807) is 37.7 Å². The van der Waals surface area contributed by atoms with E-state index in [0.717, 1.165) is 23.3 Å². The summed E-state index contributed by atoms with van der Waals surface area (Å²) in [6, 6.07) is 16.8. The zero-order valence-electron chi connectivity index (χ0n) is 17.3. The fourth-order valence-corrected chi connectivity index (χ4v) is 2.89. The second-order valence-electron chi connectivity index (χ2n) is 6.59. The highest BCUT2D eigenvalue weighted by atomic mass is 16.5. The first-order valence-corrected chi connectivity index (χ1v) is 9.89. The summed E-state index contributed by atoms with van der Waals surface area (Å²) in [5.41, 5.74) is 2.67. The maximum absolute atomic E-state index is 12.5. The summed E-state index contributed by atoms with van der Waals surface area (Å²) in [6.07, 6.45) is 4.18. The minimum Gasteiger partial charge on any atom is -0.497 e. The summed E-state index contributed by atoms with van der Waals surface area (Å²) in [4.78, 5) is 16.5. The van der Waals surface area contributed by atoms with Crippen molar-refractivity contribution in [1.29, 1.82) is 0 Å². The highest BCUT2D eigenvalue weighted by Crippen LogP contribution is 2.29. The minimum absolute atomic E-state index is 0.148. The summed E-state index contributed by atoms with van der Waals surface area (Å²) in [7, 11) is 1.64. The molecule has 0 bridgehead atoms. The first-order valence-electron chi connectivity index (χ1n) is 9.89. The highest BCUT2D eigenvalue weighted by molar-refractivity contribution is 5.94. The molecule has 6 heteroatoms. The molecule has 2 aromatic carbocycles. The van der Waals surface area contributed by atoms with E-state index < -0.39 is 0 Å². The van der Waals surface area contributed by atoms with Gasteiger partial charge in [0.15, 0.2) is 11.5 Å². The molecule has 6 nitrogen and oxygen atoms in total. The van der Waals surface area contributed by atoms with Crippen molar-refractivity contribution in [2.24, 2.45) is 0 Å². The van der Waals surface area contributed by atoms with Gasteiger partial charge in [0.1, 0.15) is 12.4 Å². The lowest BCUT2D eigenvalue weighted by Gasteiger charge is -2.13. The van der Waals surface area contributed by atoms with Crippen molar-refractivity contribution in [3.63, 3.8) is 0 Å². The summed E-state index contributed by atoms with van der Waals surface area (Å²) < 4.78 is 16.7. The molecule has 1 aromatic heterocycles. The SMILES string of the molecule is CCOc1cc(C(=O)NCCc2ccc(OC)cc2)ccc1OCc1ccncc1. The fraction of sp³-hybridized carbons (Fsp3) is 0.250. The summed E-state index contributed by atoms with van der Waals surface area (Å²) in [5, 5.41) is 2.95. The summed E-state index contributed by atoms with van der Waals surface area (Å²) in [5.74, 6) is 1.82. The Balaban J connectivity index is 1.58. The van der Waals surface area contributed by atoms with E-state index in [1.165, 1.54) is 0 Å². The van der Waals surface area contributed by atoms with E-state index in [0.29, 0.717) is 36.8 Å². The van der Waals surface area contributed by atoms with Gasteiger partial charge in [-0.15, -0.1) is 0 Å². The molecular weight excluding hydrogens is 380 g/mol. The first-order chi connectivity index (χ1) is 14.7. The number of pyridine rings is 1. The van der Waals surface area contributed by atoms with Gasteiger partial charge in [0.25, 0.3) is 5.91 Å². The molecular formula is C24H26N2O4. The van der Waals surface area contributed by atoms with Crippen LogP contribution in [-0.4, -0.2) is 31.2 Å². The molecule has 30 heavy (non-hydrogen) atoms. The molecule has 0 fully saturated rings. The normalized spacial score (nSPS) is 10.3. The largest absolute Gasteiger partial charge is 0.497 e. The Labute approximate surface area is 176 Å². The maximum atomic E-state index is 12.5. The number of amides is 1. The Bertz CT molecular complexity index is 943. The van der Waals surface area contributed by atoms with Crippen LogP contribution in [0.2, 0.25) is 0 Å². The fourth-order valence-electron chi connectivity index (χ4n) is 2.89. The van der Waals surface area contributed by atoms with E-state index in [2.05, 4.69) is 10.3 Å². The van der Waals surface area contributed by atoms with Gasteiger partial charge in [-0.1, -0.05) is 12.1 Å². The Morgan fingerprint density at radius 1 is 0.933 bits per heavy atom. The van der Waals surface area contributed by atoms with Crippen LogP contribution in [0.1, 0.15) is 28.4 Å². The van der Waals surface area contributed by atoms with Crippen molar-refractivity contribution in [3.8, 4) is 17.2 Å². The quantitative estimate of drug-likeness (QED) is 0.550. The highest BCUT2D eigenvalue weighted by Gasteiger charge is 2.12. The molecule has 0 spiro atoms. The zero-order valence-corrected chi connectivity index (χ0v) is 17.3. The molecule has 1 N–H and O–H groups in total. The number of methoxy groups -OCH3 is 1. The lowest BCUT2D eigenvalue weighted by Crippen LogP contribution is -2.25. The molecule has 3 aromatic rings.